The Morgan fingerprint density at radius 1 is 1.08 bits per heavy atom. The molecule has 204 valence electrons. The molecule has 0 heterocycles. The van der Waals surface area contributed by atoms with E-state index in [1.807, 2.05) is 52.0 Å². The Hall–Kier alpha value is -3.07. The molecule has 0 radical (unpaired) electrons. The Morgan fingerprint density at radius 3 is 2.38 bits per heavy atom. The van der Waals surface area contributed by atoms with Crippen molar-refractivity contribution in [3.05, 3.63) is 59.7 Å². The summed E-state index contributed by atoms with van der Waals surface area (Å²) in [7, 11) is -2.05. The van der Waals surface area contributed by atoms with Crippen LogP contribution in [-0.2, 0) is 26.2 Å². The summed E-state index contributed by atoms with van der Waals surface area (Å²) in [6.45, 7) is 8.89. The van der Waals surface area contributed by atoms with E-state index in [9.17, 15) is 18.0 Å². The van der Waals surface area contributed by atoms with Crippen LogP contribution in [0.15, 0.2) is 48.5 Å². The van der Waals surface area contributed by atoms with E-state index in [0.29, 0.717) is 43.3 Å². The zero-order valence-corrected chi connectivity index (χ0v) is 23.7. The SMILES string of the molecule is CCC(C(=O)NCC(C)C)N(Cc1cccc(C)c1)C(=O)CCCN(c1cccc(OC)c1)S(C)(=O)=O. The molecule has 9 heteroatoms. The van der Waals surface area contributed by atoms with E-state index < -0.39 is 16.1 Å². The number of hydrogen-bond donors (Lipinski definition) is 1. The third-order valence-electron chi connectivity index (χ3n) is 6.00. The quantitative estimate of drug-likeness (QED) is 0.396. The molecule has 2 aromatic carbocycles. The normalized spacial score (nSPS) is 12.2. The molecule has 0 aromatic heterocycles. The van der Waals surface area contributed by atoms with E-state index in [1.54, 1.807) is 29.2 Å². The van der Waals surface area contributed by atoms with Crippen LogP contribution < -0.4 is 14.4 Å². The minimum Gasteiger partial charge on any atom is -0.497 e. The summed E-state index contributed by atoms with van der Waals surface area (Å²) < 4.78 is 31.6. The summed E-state index contributed by atoms with van der Waals surface area (Å²) in [6, 6.07) is 14.1. The molecule has 0 aliphatic rings. The second kappa shape index (κ2) is 14.0. The van der Waals surface area contributed by atoms with Crippen molar-refractivity contribution < 1.29 is 22.7 Å². The molecule has 0 bridgehead atoms. The Balaban J connectivity index is 2.22. The van der Waals surface area contributed by atoms with Gasteiger partial charge in [0.25, 0.3) is 0 Å². The molecule has 0 saturated heterocycles. The fourth-order valence-corrected chi connectivity index (χ4v) is 5.08. The second-order valence-electron chi connectivity index (χ2n) is 9.71. The summed E-state index contributed by atoms with van der Waals surface area (Å²) in [5.74, 6) is 0.476. The van der Waals surface area contributed by atoms with E-state index in [0.717, 1.165) is 17.4 Å². The van der Waals surface area contributed by atoms with Crippen LogP contribution in [0.1, 0.15) is 51.2 Å². The van der Waals surface area contributed by atoms with Crippen LogP contribution in [0.2, 0.25) is 0 Å². The molecule has 1 N–H and O–H groups in total. The molecule has 1 unspecified atom stereocenters. The smallest absolute Gasteiger partial charge is 0.242 e. The first-order chi connectivity index (χ1) is 17.5. The highest BCUT2D eigenvalue weighted by atomic mass is 32.2. The van der Waals surface area contributed by atoms with Gasteiger partial charge in [-0.2, -0.15) is 0 Å². The number of hydrogen-bond acceptors (Lipinski definition) is 5. The molecule has 2 amide bonds. The predicted molar refractivity (Wildman–Crippen MR) is 148 cm³/mol. The monoisotopic (exact) mass is 531 g/mol. The lowest BCUT2D eigenvalue weighted by atomic mass is 10.1. The fourth-order valence-electron chi connectivity index (χ4n) is 4.12. The summed E-state index contributed by atoms with van der Waals surface area (Å²) >= 11 is 0. The largest absolute Gasteiger partial charge is 0.497 e. The number of anilines is 1. The molecule has 2 rings (SSSR count). The second-order valence-corrected chi connectivity index (χ2v) is 11.6. The van der Waals surface area contributed by atoms with Crippen molar-refractivity contribution in [1.82, 2.24) is 10.2 Å². The molecular weight excluding hydrogens is 490 g/mol. The summed E-state index contributed by atoms with van der Waals surface area (Å²) in [6.07, 6.45) is 2.03. The van der Waals surface area contributed by atoms with Crippen molar-refractivity contribution in [1.29, 1.82) is 0 Å². The number of amides is 2. The molecule has 1 atom stereocenters. The third-order valence-corrected chi connectivity index (χ3v) is 7.19. The van der Waals surface area contributed by atoms with Gasteiger partial charge in [0.15, 0.2) is 0 Å². The van der Waals surface area contributed by atoms with Gasteiger partial charge in [-0.25, -0.2) is 8.42 Å². The van der Waals surface area contributed by atoms with E-state index in [-0.39, 0.29) is 24.8 Å². The van der Waals surface area contributed by atoms with Crippen molar-refractivity contribution in [2.24, 2.45) is 5.92 Å². The van der Waals surface area contributed by atoms with Crippen LogP contribution in [0.4, 0.5) is 5.69 Å². The first-order valence-corrected chi connectivity index (χ1v) is 14.6. The fraction of sp³-hybridized carbons (Fsp3) is 0.500. The van der Waals surface area contributed by atoms with E-state index >= 15 is 0 Å². The van der Waals surface area contributed by atoms with Gasteiger partial charge >= 0.3 is 0 Å². The van der Waals surface area contributed by atoms with Crippen LogP contribution in [0.3, 0.4) is 0 Å². The maximum absolute atomic E-state index is 13.5. The van der Waals surface area contributed by atoms with Crippen LogP contribution in [0.25, 0.3) is 0 Å². The van der Waals surface area contributed by atoms with Crippen molar-refractivity contribution in [3.63, 3.8) is 0 Å². The van der Waals surface area contributed by atoms with Crippen LogP contribution in [-0.4, -0.2) is 57.6 Å². The highest BCUT2D eigenvalue weighted by Gasteiger charge is 2.29. The van der Waals surface area contributed by atoms with Gasteiger partial charge in [-0.15, -0.1) is 0 Å². The minimum absolute atomic E-state index is 0.107. The molecule has 37 heavy (non-hydrogen) atoms. The van der Waals surface area contributed by atoms with Crippen molar-refractivity contribution >= 4 is 27.5 Å². The minimum atomic E-state index is -3.58. The lowest BCUT2D eigenvalue weighted by Gasteiger charge is -2.31. The lowest BCUT2D eigenvalue weighted by Crippen LogP contribution is -2.49. The average molecular weight is 532 g/mol. The molecule has 0 fully saturated rings. The van der Waals surface area contributed by atoms with Gasteiger partial charge in [0, 0.05) is 32.1 Å². The van der Waals surface area contributed by atoms with Crippen molar-refractivity contribution in [2.75, 3.05) is 30.8 Å². The summed E-state index contributed by atoms with van der Waals surface area (Å²) in [5.41, 5.74) is 2.49. The summed E-state index contributed by atoms with van der Waals surface area (Å²) in [5, 5.41) is 2.96. The molecule has 2 aromatic rings. The third kappa shape index (κ3) is 9.39. The molecule has 8 nitrogen and oxygen atoms in total. The standard InChI is InChI=1S/C28H41N3O5S/c1-7-26(28(33)29-19-21(2)3)30(20-23-12-8-11-22(4)17-23)27(32)15-10-16-31(37(6,34)35)24-13-9-14-25(18-24)36-5/h8-9,11-14,17-18,21,26H,7,10,15-16,19-20H2,1-6H3,(H,29,33). The predicted octanol–water partition coefficient (Wildman–Crippen LogP) is 4.13. The first kappa shape index (κ1) is 30.2. The maximum Gasteiger partial charge on any atom is 0.242 e. The number of aryl methyl sites for hydroxylation is 1. The number of ether oxygens (including phenoxy) is 1. The zero-order chi connectivity index (χ0) is 27.6. The summed E-state index contributed by atoms with van der Waals surface area (Å²) in [4.78, 5) is 28.2. The Kier molecular flexibility index (Phi) is 11.4. The average Bonchev–Trinajstić information content (AvgIpc) is 2.84. The van der Waals surface area contributed by atoms with Gasteiger partial charge in [0.2, 0.25) is 21.8 Å². The number of carbonyl (C=O) groups is 2. The highest BCUT2D eigenvalue weighted by Crippen LogP contribution is 2.24. The van der Waals surface area contributed by atoms with Crippen LogP contribution >= 0.6 is 0 Å². The number of methoxy groups -OCH3 is 1. The highest BCUT2D eigenvalue weighted by molar-refractivity contribution is 7.92. The van der Waals surface area contributed by atoms with Crippen LogP contribution in [0.5, 0.6) is 5.75 Å². The molecule has 0 saturated carbocycles. The van der Waals surface area contributed by atoms with Gasteiger partial charge in [-0.1, -0.05) is 56.7 Å². The first-order valence-electron chi connectivity index (χ1n) is 12.7. The topological polar surface area (TPSA) is 96.0 Å². The zero-order valence-electron chi connectivity index (χ0n) is 22.9. The number of nitrogens with zero attached hydrogens (tertiary/aromatic N) is 2. The number of rotatable bonds is 14. The van der Waals surface area contributed by atoms with Gasteiger partial charge in [-0.05, 0) is 43.4 Å². The number of nitrogens with one attached hydrogen (secondary N) is 1. The number of carbonyl (C=O) groups excluding carboxylic acids is 2. The Morgan fingerprint density at radius 2 is 1.78 bits per heavy atom. The molecule has 0 spiro atoms. The van der Waals surface area contributed by atoms with Gasteiger partial charge in [-0.3, -0.25) is 13.9 Å². The van der Waals surface area contributed by atoms with E-state index in [1.165, 1.54) is 11.4 Å². The molecular formula is C28H41N3O5S. The van der Waals surface area contributed by atoms with Gasteiger partial charge in [0.05, 0.1) is 19.1 Å². The lowest BCUT2D eigenvalue weighted by molar-refractivity contribution is -0.141. The molecule has 0 aliphatic carbocycles. The van der Waals surface area contributed by atoms with Crippen molar-refractivity contribution in [2.45, 2.75) is 59.5 Å². The molecule has 0 aliphatic heterocycles. The maximum atomic E-state index is 13.5. The van der Waals surface area contributed by atoms with Gasteiger partial charge in [0.1, 0.15) is 11.8 Å². The Labute approximate surface area is 222 Å². The van der Waals surface area contributed by atoms with Crippen molar-refractivity contribution in [3.8, 4) is 5.75 Å². The number of benzene rings is 2. The van der Waals surface area contributed by atoms with E-state index in [4.69, 9.17) is 4.74 Å². The Bertz CT molecular complexity index is 1150. The van der Waals surface area contributed by atoms with E-state index in [2.05, 4.69) is 5.32 Å². The number of sulfonamides is 1. The van der Waals surface area contributed by atoms with Gasteiger partial charge < -0.3 is 15.0 Å². The van der Waals surface area contributed by atoms with Crippen LogP contribution in [0, 0.1) is 12.8 Å².